The van der Waals surface area contributed by atoms with Gasteiger partial charge in [0.2, 0.25) is 11.8 Å². The van der Waals surface area contributed by atoms with Gasteiger partial charge in [0.15, 0.2) is 6.23 Å². The monoisotopic (exact) mass is 874 g/mol. The summed E-state index contributed by atoms with van der Waals surface area (Å²) in [6.07, 6.45) is 1.37. The molecule has 0 radical (unpaired) electrons. The third kappa shape index (κ3) is 8.59. The van der Waals surface area contributed by atoms with Gasteiger partial charge in [-0.05, 0) is 80.0 Å². The van der Waals surface area contributed by atoms with Crippen LogP contribution >= 0.6 is 0 Å². The van der Waals surface area contributed by atoms with Crippen molar-refractivity contribution in [2.24, 2.45) is 13.0 Å². The van der Waals surface area contributed by atoms with E-state index in [9.17, 15) is 37.9 Å². The van der Waals surface area contributed by atoms with E-state index in [0.717, 1.165) is 54.7 Å². The summed E-state index contributed by atoms with van der Waals surface area (Å²) >= 11 is 0. The van der Waals surface area contributed by atoms with E-state index in [1.54, 1.807) is 51.5 Å². The molecule has 0 aliphatic carbocycles. The van der Waals surface area contributed by atoms with Crippen LogP contribution in [0.4, 0.5) is 19.3 Å². The SMILES string of the molecule is CNC(=O)N1CCc2c(-c3cc(OC)c(CN4CCN(CCC5CCN(c6ccc7c(c6)C(=O)N(C6CCC(=O)NC6=O)C7O)CC5)CC4C(F)F)c(OC)c3)cn(C)c(=O)c2C1. The molecule has 8 rings (SSSR count). The van der Waals surface area contributed by atoms with Crippen LogP contribution in [-0.2, 0) is 36.1 Å². The molecule has 63 heavy (non-hydrogen) atoms. The zero-order chi connectivity index (χ0) is 44.7. The van der Waals surface area contributed by atoms with Gasteiger partial charge in [-0.3, -0.25) is 34.3 Å². The number of aryl methyl sites for hydroxylation is 1. The highest BCUT2D eigenvalue weighted by molar-refractivity contribution is 6.06. The quantitative estimate of drug-likeness (QED) is 0.242. The van der Waals surface area contributed by atoms with Crippen LogP contribution in [0, 0.1) is 5.92 Å². The van der Waals surface area contributed by atoms with Gasteiger partial charge in [-0.1, -0.05) is 6.07 Å². The molecule has 5 aliphatic rings. The summed E-state index contributed by atoms with van der Waals surface area (Å²) in [6, 6.07) is 6.97. The van der Waals surface area contributed by atoms with Gasteiger partial charge in [-0.25, -0.2) is 13.6 Å². The van der Waals surface area contributed by atoms with Crippen LogP contribution in [0.1, 0.15) is 70.9 Å². The number of aromatic nitrogens is 1. The molecule has 3 fully saturated rings. The maximum Gasteiger partial charge on any atom is 0.317 e. The van der Waals surface area contributed by atoms with Crippen LogP contribution < -0.4 is 30.6 Å². The summed E-state index contributed by atoms with van der Waals surface area (Å²) in [7, 11) is 6.33. The molecule has 0 saturated carbocycles. The Bertz CT molecular complexity index is 2310. The van der Waals surface area contributed by atoms with E-state index >= 15 is 0 Å². The highest BCUT2D eigenvalue weighted by Crippen LogP contribution is 2.40. The number of imide groups is 1. The first-order valence-electron chi connectivity index (χ1n) is 21.7. The first-order valence-corrected chi connectivity index (χ1v) is 21.7. The van der Waals surface area contributed by atoms with E-state index in [-0.39, 0.29) is 44.1 Å². The van der Waals surface area contributed by atoms with Crippen LogP contribution in [-0.4, -0.2) is 139 Å². The van der Waals surface area contributed by atoms with Crippen LogP contribution in [0.15, 0.2) is 41.3 Å². The van der Waals surface area contributed by atoms with Gasteiger partial charge in [0, 0.05) is 100 Å². The van der Waals surface area contributed by atoms with E-state index in [0.29, 0.717) is 72.3 Å². The Kier molecular flexibility index (Phi) is 12.8. The number of fused-ring (bicyclic) bond motifs is 2. The number of hydrogen-bond donors (Lipinski definition) is 3. The van der Waals surface area contributed by atoms with E-state index in [1.807, 2.05) is 23.1 Å². The highest BCUT2D eigenvalue weighted by Gasteiger charge is 2.45. The number of hydrogen-bond acceptors (Lipinski definition) is 11. The van der Waals surface area contributed by atoms with Gasteiger partial charge in [0.25, 0.3) is 17.9 Å². The van der Waals surface area contributed by atoms with Crippen LogP contribution in [0.3, 0.4) is 0 Å². The number of halogens is 2. The Balaban J connectivity index is 0.882. The molecule has 338 valence electrons. The maximum absolute atomic E-state index is 14.8. The molecule has 6 heterocycles. The standard InChI is InChI=1S/C45H56F2N8O8/c1-48-45(61)54-16-12-29-32(22-50(2)42(58)33(29)23-54)27-19-37(62-3)34(38(20-27)63-4)24-53-18-17-51(25-36(53)40(46)47)13-9-26-10-14-52(15-11-26)28-5-6-30-31(21-28)44(60)55(43(30)59)35-7-8-39(56)49-41(35)57/h5-6,19-22,26,35-36,40,43,59H,7-18,23-25H2,1-4H3,(H,48,61)(H,49,56,57). The minimum atomic E-state index is -2.57. The Morgan fingerprint density at radius 1 is 0.937 bits per heavy atom. The van der Waals surface area contributed by atoms with Crippen molar-refractivity contribution in [2.75, 3.05) is 72.0 Å². The van der Waals surface area contributed by atoms with Crippen LogP contribution in [0.2, 0.25) is 0 Å². The number of aliphatic hydroxyl groups is 1. The molecule has 18 heteroatoms. The number of aliphatic hydroxyl groups excluding tert-OH is 1. The Morgan fingerprint density at radius 2 is 1.67 bits per heavy atom. The first-order chi connectivity index (χ1) is 30.3. The van der Waals surface area contributed by atoms with E-state index in [4.69, 9.17) is 9.47 Å². The Labute approximate surface area is 364 Å². The van der Waals surface area contributed by atoms with Crippen molar-refractivity contribution >= 4 is 29.4 Å². The number of piperidine rings is 2. The molecule has 16 nitrogen and oxygen atoms in total. The van der Waals surface area contributed by atoms with Crippen molar-refractivity contribution in [2.45, 2.75) is 76.4 Å². The van der Waals surface area contributed by atoms with Gasteiger partial charge in [0.05, 0.1) is 32.4 Å². The molecule has 3 atom stereocenters. The van der Waals surface area contributed by atoms with Crippen molar-refractivity contribution in [1.29, 1.82) is 0 Å². The molecule has 0 bridgehead atoms. The lowest BCUT2D eigenvalue weighted by Gasteiger charge is -2.42. The minimum absolute atomic E-state index is 0.0988. The molecule has 1 aromatic heterocycles. The van der Waals surface area contributed by atoms with Crippen molar-refractivity contribution in [1.82, 2.24) is 34.8 Å². The number of nitrogens with zero attached hydrogens (tertiary/aromatic N) is 6. The fraction of sp³-hybridized carbons (Fsp3) is 0.533. The summed E-state index contributed by atoms with van der Waals surface area (Å²) in [5.41, 5.74) is 5.13. The fourth-order valence-corrected chi connectivity index (χ4v) is 10.1. The molecule has 5 aliphatic heterocycles. The normalized spacial score (nSPS) is 22.3. The number of carbonyl (C=O) groups excluding carboxylic acids is 4. The third-order valence-corrected chi connectivity index (χ3v) is 13.7. The number of ether oxygens (including phenoxy) is 2. The van der Waals surface area contributed by atoms with Gasteiger partial charge < -0.3 is 39.2 Å². The summed E-state index contributed by atoms with van der Waals surface area (Å²) in [4.78, 5) is 72.2. The van der Waals surface area contributed by atoms with Crippen molar-refractivity contribution < 1.29 is 42.5 Å². The number of amides is 5. The topological polar surface area (TPSA) is 169 Å². The number of alkyl halides is 2. The summed E-state index contributed by atoms with van der Waals surface area (Å²) in [5, 5.41) is 15.9. The number of urea groups is 1. The molecule has 3 aromatic rings. The second-order valence-electron chi connectivity index (χ2n) is 17.2. The predicted octanol–water partition coefficient (Wildman–Crippen LogP) is 3.08. The molecule has 3 N–H and O–H groups in total. The maximum atomic E-state index is 14.8. The Hall–Kier alpha value is -5.59. The number of anilines is 1. The number of rotatable bonds is 11. The number of methoxy groups -OCH3 is 2. The number of pyridine rings is 1. The van der Waals surface area contributed by atoms with Crippen LogP contribution in [0.5, 0.6) is 11.5 Å². The molecule has 3 saturated heterocycles. The minimum Gasteiger partial charge on any atom is -0.496 e. The second-order valence-corrected chi connectivity index (χ2v) is 17.2. The lowest BCUT2D eigenvalue weighted by Crippen LogP contribution is -2.55. The van der Waals surface area contributed by atoms with Crippen molar-refractivity contribution in [3.63, 3.8) is 0 Å². The zero-order valence-corrected chi connectivity index (χ0v) is 36.2. The van der Waals surface area contributed by atoms with Crippen LogP contribution in [0.25, 0.3) is 11.1 Å². The summed E-state index contributed by atoms with van der Waals surface area (Å²) in [5.74, 6) is -0.00884. The summed E-state index contributed by atoms with van der Waals surface area (Å²) in [6.45, 7) is 4.34. The molecule has 3 unspecified atom stereocenters. The second kappa shape index (κ2) is 18.3. The summed E-state index contributed by atoms with van der Waals surface area (Å²) < 4.78 is 43.0. The van der Waals surface area contributed by atoms with Gasteiger partial charge in [0.1, 0.15) is 17.5 Å². The average molecular weight is 875 g/mol. The molecule has 2 aromatic carbocycles. The number of nitrogens with one attached hydrogen (secondary N) is 2. The van der Waals surface area contributed by atoms with Gasteiger partial charge in [-0.15, -0.1) is 0 Å². The van der Waals surface area contributed by atoms with Gasteiger partial charge >= 0.3 is 6.03 Å². The van der Waals surface area contributed by atoms with E-state index in [1.165, 1.54) is 9.47 Å². The molecular formula is C45H56F2N8O8. The van der Waals surface area contributed by atoms with Crippen molar-refractivity contribution in [3.8, 4) is 22.6 Å². The Morgan fingerprint density at radius 3 is 2.33 bits per heavy atom. The predicted molar refractivity (Wildman–Crippen MR) is 229 cm³/mol. The first kappa shape index (κ1) is 44.0. The van der Waals surface area contributed by atoms with E-state index < -0.39 is 42.5 Å². The lowest BCUT2D eigenvalue weighted by atomic mass is 9.91. The molecule has 0 spiro atoms. The smallest absolute Gasteiger partial charge is 0.317 e. The lowest BCUT2D eigenvalue weighted by molar-refractivity contribution is -0.139. The van der Waals surface area contributed by atoms with E-state index in [2.05, 4.69) is 20.4 Å². The highest BCUT2D eigenvalue weighted by atomic mass is 19.3. The number of benzene rings is 2. The fourth-order valence-electron chi connectivity index (χ4n) is 10.1. The zero-order valence-electron chi connectivity index (χ0n) is 36.2. The average Bonchev–Trinajstić information content (AvgIpc) is 3.54. The van der Waals surface area contributed by atoms with Gasteiger partial charge in [-0.2, -0.15) is 0 Å². The number of piperazine rings is 1. The third-order valence-electron chi connectivity index (χ3n) is 13.7. The molecular weight excluding hydrogens is 819 g/mol. The van der Waals surface area contributed by atoms with Crippen molar-refractivity contribution in [3.05, 3.63) is 74.7 Å². The largest absolute Gasteiger partial charge is 0.496 e. The molecule has 5 amide bonds. The number of carbonyl (C=O) groups is 4.